The molecule has 0 aliphatic carbocycles. The van der Waals surface area contributed by atoms with Crippen molar-refractivity contribution in [2.75, 3.05) is 6.54 Å². The SMILES string of the molecule is CC(C)(C)OC(=O)NCC(C)(C)Oc1ccc(B2OC(C)(C)C(C)(C)O2)cc1. The summed E-state index contributed by atoms with van der Waals surface area (Å²) < 4.78 is 23.4. The molecule has 1 aromatic carbocycles. The highest BCUT2D eigenvalue weighted by molar-refractivity contribution is 6.62. The Labute approximate surface area is 169 Å². The van der Waals surface area contributed by atoms with Gasteiger partial charge in [-0.15, -0.1) is 0 Å². The van der Waals surface area contributed by atoms with Gasteiger partial charge in [0.1, 0.15) is 17.0 Å². The van der Waals surface area contributed by atoms with Gasteiger partial charge in [-0.2, -0.15) is 0 Å². The number of carbonyl (C=O) groups is 1. The third kappa shape index (κ3) is 5.88. The molecule has 1 aliphatic rings. The minimum Gasteiger partial charge on any atom is -0.486 e. The molecule has 1 N–H and O–H groups in total. The van der Waals surface area contributed by atoms with Crippen molar-refractivity contribution in [2.24, 2.45) is 0 Å². The van der Waals surface area contributed by atoms with E-state index in [1.54, 1.807) is 0 Å². The van der Waals surface area contributed by atoms with Crippen LogP contribution in [0.3, 0.4) is 0 Å². The molecule has 0 saturated carbocycles. The number of alkyl carbamates (subject to hydrolysis) is 1. The van der Waals surface area contributed by atoms with Gasteiger partial charge in [-0.25, -0.2) is 4.79 Å². The van der Waals surface area contributed by atoms with Gasteiger partial charge in [0.05, 0.1) is 17.7 Å². The zero-order chi connectivity index (χ0) is 21.4. The molecule has 1 amide bonds. The molecule has 0 atom stereocenters. The van der Waals surface area contributed by atoms with Gasteiger partial charge in [0.25, 0.3) is 0 Å². The lowest BCUT2D eigenvalue weighted by Gasteiger charge is -2.32. The van der Waals surface area contributed by atoms with Crippen molar-refractivity contribution < 1.29 is 23.6 Å². The van der Waals surface area contributed by atoms with Gasteiger partial charge in [0.2, 0.25) is 0 Å². The highest BCUT2D eigenvalue weighted by atomic mass is 16.7. The summed E-state index contributed by atoms with van der Waals surface area (Å²) in [6.07, 6.45) is -0.458. The second-order valence-electron chi connectivity index (χ2n) is 9.87. The van der Waals surface area contributed by atoms with Gasteiger partial charge in [-0.05, 0) is 79.9 Å². The van der Waals surface area contributed by atoms with Crippen molar-refractivity contribution in [2.45, 2.75) is 84.7 Å². The standard InChI is InChI=1S/C21H34BNO5/c1-18(2,3)26-17(24)23-14-19(4,5)25-16-12-10-15(11-13-16)22-27-20(6,7)21(8,9)28-22/h10-13H,14H2,1-9H3,(H,23,24). The normalized spacial score (nSPS) is 18.7. The Morgan fingerprint density at radius 1 is 1.00 bits per heavy atom. The lowest BCUT2D eigenvalue weighted by molar-refractivity contribution is 0.00578. The molecule has 6 nitrogen and oxygen atoms in total. The average molecular weight is 391 g/mol. The number of ether oxygens (including phenoxy) is 2. The molecule has 7 heteroatoms. The van der Waals surface area contributed by atoms with Crippen LogP contribution in [0.5, 0.6) is 5.75 Å². The fraction of sp³-hybridized carbons (Fsp3) is 0.667. The summed E-state index contributed by atoms with van der Waals surface area (Å²) in [6.45, 7) is 17.8. The lowest BCUT2D eigenvalue weighted by Crippen LogP contribution is -2.44. The Balaban J connectivity index is 1.94. The number of nitrogens with one attached hydrogen (secondary N) is 1. The molecule has 2 rings (SSSR count). The van der Waals surface area contributed by atoms with Crippen molar-refractivity contribution in [3.05, 3.63) is 24.3 Å². The second-order valence-corrected chi connectivity index (χ2v) is 9.87. The molecule has 1 fully saturated rings. The molecule has 1 saturated heterocycles. The minimum atomic E-state index is -0.594. The van der Waals surface area contributed by atoms with Crippen molar-refractivity contribution >= 4 is 18.7 Å². The van der Waals surface area contributed by atoms with Crippen LogP contribution in [-0.2, 0) is 14.0 Å². The molecule has 0 spiro atoms. The predicted molar refractivity (Wildman–Crippen MR) is 111 cm³/mol. The van der Waals surface area contributed by atoms with Crippen LogP contribution in [0.4, 0.5) is 4.79 Å². The third-order valence-electron chi connectivity index (χ3n) is 4.86. The van der Waals surface area contributed by atoms with E-state index >= 15 is 0 Å². The topological polar surface area (TPSA) is 66.0 Å². The summed E-state index contributed by atoms with van der Waals surface area (Å²) in [5, 5.41) is 2.75. The molecule has 0 unspecified atom stereocenters. The molecule has 0 bridgehead atoms. The van der Waals surface area contributed by atoms with Gasteiger partial charge < -0.3 is 24.1 Å². The zero-order valence-electron chi connectivity index (χ0n) is 18.6. The van der Waals surface area contributed by atoms with E-state index in [-0.39, 0.29) is 11.2 Å². The zero-order valence-corrected chi connectivity index (χ0v) is 18.6. The molecule has 156 valence electrons. The van der Waals surface area contributed by atoms with Crippen LogP contribution in [0, 0.1) is 0 Å². The summed E-state index contributed by atoms with van der Waals surface area (Å²) >= 11 is 0. The van der Waals surface area contributed by atoms with E-state index in [4.69, 9.17) is 18.8 Å². The highest BCUT2D eigenvalue weighted by Gasteiger charge is 2.51. The van der Waals surface area contributed by atoms with E-state index in [2.05, 4.69) is 5.32 Å². The molecule has 28 heavy (non-hydrogen) atoms. The van der Waals surface area contributed by atoms with Gasteiger partial charge in [0, 0.05) is 0 Å². The Kier molecular flexibility index (Phi) is 6.12. The van der Waals surface area contributed by atoms with Crippen LogP contribution in [-0.4, -0.2) is 42.2 Å². The van der Waals surface area contributed by atoms with Crippen LogP contribution in [0.15, 0.2) is 24.3 Å². The van der Waals surface area contributed by atoms with E-state index in [0.717, 1.165) is 5.46 Å². The van der Waals surface area contributed by atoms with Gasteiger partial charge >= 0.3 is 13.2 Å². The summed E-state index contributed by atoms with van der Waals surface area (Å²) in [6, 6.07) is 7.65. The van der Waals surface area contributed by atoms with E-state index in [0.29, 0.717) is 12.3 Å². The first-order valence-corrected chi connectivity index (χ1v) is 9.72. The maximum atomic E-state index is 11.8. The quantitative estimate of drug-likeness (QED) is 0.776. The van der Waals surface area contributed by atoms with Crippen molar-refractivity contribution in [3.8, 4) is 5.75 Å². The lowest BCUT2D eigenvalue weighted by atomic mass is 9.79. The first-order valence-electron chi connectivity index (χ1n) is 9.72. The maximum absolute atomic E-state index is 11.8. The molecule has 1 heterocycles. The van der Waals surface area contributed by atoms with E-state index < -0.39 is 24.4 Å². The summed E-state index contributed by atoms with van der Waals surface area (Å²) in [5.74, 6) is 0.705. The van der Waals surface area contributed by atoms with Crippen molar-refractivity contribution in [1.82, 2.24) is 5.32 Å². The number of amides is 1. The van der Waals surface area contributed by atoms with Gasteiger partial charge in [0.15, 0.2) is 0 Å². The Bertz CT molecular complexity index is 676. The summed E-state index contributed by atoms with van der Waals surface area (Å²) in [4.78, 5) is 11.8. The molecule has 1 aliphatic heterocycles. The number of carbonyl (C=O) groups excluding carboxylic acids is 1. The number of hydrogen-bond donors (Lipinski definition) is 1. The first kappa shape index (κ1) is 22.6. The smallest absolute Gasteiger partial charge is 0.486 e. The Hall–Kier alpha value is -1.73. The molecular formula is C21H34BNO5. The monoisotopic (exact) mass is 391 g/mol. The molecular weight excluding hydrogens is 357 g/mol. The number of hydrogen-bond acceptors (Lipinski definition) is 5. The number of benzene rings is 1. The summed E-state index contributed by atoms with van der Waals surface area (Å²) in [5.41, 5.74) is -0.929. The first-order chi connectivity index (χ1) is 12.6. The van der Waals surface area contributed by atoms with E-state index in [1.807, 2.05) is 86.6 Å². The average Bonchev–Trinajstić information content (AvgIpc) is 2.72. The molecule has 0 aromatic heterocycles. The highest BCUT2D eigenvalue weighted by Crippen LogP contribution is 2.36. The molecule has 0 radical (unpaired) electrons. The number of rotatable bonds is 5. The van der Waals surface area contributed by atoms with Gasteiger partial charge in [-0.3, -0.25) is 0 Å². The molecule has 1 aromatic rings. The van der Waals surface area contributed by atoms with Crippen molar-refractivity contribution in [3.63, 3.8) is 0 Å². The van der Waals surface area contributed by atoms with Crippen LogP contribution in [0.25, 0.3) is 0 Å². The van der Waals surface area contributed by atoms with E-state index in [9.17, 15) is 4.79 Å². The van der Waals surface area contributed by atoms with Gasteiger partial charge in [-0.1, -0.05) is 12.1 Å². The Morgan fingerprint density at radius 3 is 1.96 bits per heavy atom. The van der Waals surface area contributed by atoms with Crippen LogP contribution < -0.4 is 15.5 Å². The minimum absolute atomic E-state index is 0.320. The predicted octanol–water partition coefficient (Wildman–Crippen LogP) is 3.67. The summed E-state index contributed by atoms with van der Waals surface area (Å²) in [7, 11) is -0.402. The fourth-order valence-corrected chi connectivity index (χ4v) is 2.63. The second kappa shape index (κ2) is 7.60. The third-order valence-corrected chi connectivity index (χ3v) is 4.86. The van der Waals surface area contributed by atoms with E-state index in [1.165, 1.54) is 0 Å². The maximum Gasteiger partial charge on any atom is 0.494 e. The van der Waals surface area contributed by atoms with Crippen molar-refractivity contribution in [1.29, 1.82) is 0 Å². The largest absolute Gasteiger partial charge is 0.494 e. The van der Waals surface area contributed by atoms with Crippen LogP contribution >= 0.6 is 0 Å². The Morgan fingerprint density at radius 2 is 1.50 bits per heavy atom. The fourth-order valence-electron chi connectivity index (χ4n) is 2.63. The van der Waals surface area contributed by atoms with Crippen LogP contribution in [0.1, 0.15) is 62.3 Å². The van der Waals surface area contributed by atoms with Crippen LogP contribution in [0.2, 0.25) is 0 Å².